The van der Waals surface area contributed by atoms with E-state index in [4.69, 9.17) is 0 Å². The number of H-pyrrole nitrogens is 2. The molecule has 0 saturated carbocycles. The molecule has 2 saturated heterocycles. The van der Waals surface area contributed by atoms with Crippen molar-refractivity contribution in [3.63, 3.8) is 0 Å². The average Bonchev–Trinajstić information content (AvgIpc) is 2.88. The van der Waals surface area contributed by atoms with E-state index >= 15 is 0 Å². The molecule has 2 fully saturated rings. The summed E-state index contributed by atoms with van der Waals surface area (Å²) in [5.41, 5.74) is -1.88. The molecular formula is C14H18N4O4. The molecule has 0 aromatic carbocycles. The summed E-state index contributed by atoms with van der Waals surface area (Å²) in [5, 5.41) is 0. The lowest BCUT2D eigenvalue weighted by atomic mass is 9.78. The lowest BCUT2D eigenvalue weighted by Crippen LogP contribution is -2.48. The fourth-order valence-electron chi connectivity index (χ4n) is 3.45. The quantitative estimate of drug-likeness (QED) is 0.704. The van der Waals surface area contributed by atoms with E-state index in [1.54, 1.807) is 16.8 Å². The first kappa shape index (κ1) is 14.6. The fraction of sp³-hybridized carbons (Fsp3) is 0.571. The van der Waals surface area contributed by atoms with Crippen molar-refractivity contribution in [3.8, 4) is 0 Å². The lowest BCUT2D eigenvalue weighted by Gasteiger charge is -2.37. The highest BCUT2D eigenvalue weighted by molar-refractivity contribution is 5.93. The molecule has 1 aromatic heterocycles. The van der Waals surface area contributed by atoms with Gasteiger partial charge >= 0.3 is 5.69 Å². The largest absolute Gasteiger partial charge is 0.345 e. The van der Waals surface area contributed by atoms with Crippen LogP contribution in [0.1, 0.15) is 29.8 Å². The molecule has 118 valence electrons. The van der Waals surface area contributed by atoms with Crippen LogP contribution in [0, 0.1) is 5.41 Å². The van der Waals surface area contributed by atoms with E-state index in [1.807, 2.05) is 4.98 Å². The summed E-state index contributed by atoms with van der Waals surface area (Å²) in [4.78, 5) is 55.1. The van der Waals surface area contributed by atoms with Gasteiger partial charge in [-0.05, 0) is 19.3 Å². The highest BCUT2D eigenvalue weighted by Gasteiger charge is 2.48. The van der Waals surface area contributed by atoms with Crippen LogP contribution in [0.2, 0.25) is 0 Å². The van der Waals surface area contributed by atoms with Crippen LogP contribution in [-0.2, 0) is 4.79 Å². The monoisotopic (exact) mass is 306 g/mol. The van der Waals surface area contributed by atoms with Crippen LogP contribution in [0.25, 0.3) is 0 Å². The van der Waals surface area contributed by atoms with Crippen molar-refractivity contribution in [2.24, 2.45) is 5.41 Å². The second-order valence-corrected chi connectivity index (χ2v) is 6.09. The highest BCUT2D eigenvalue weighted by atomic mass is 16.2. The van der Waals surface area contributed by atoms with Crippen LogP contribution in [-0.4, -0.2) is 58.3 Å². The van der Waals surface area contributed by atoms with Crippen LogP contribution in [0.4, 0.5) is 0 Å². The summed E-state index contributed by atoms with van der Waals surface area (Å²) in [6, 6.07) is 1.07. The Bertz CT molecular complexity index is 709. The maximum Gasteiger partial charge on any atom is 0.326 e. The Kier molecular flexibility index (Phi) is 3.38. The van der Waals surface area contributed by atoms with Crippen LogP contribution < -0.4 is 11.2 Å². The van der Waals surface area contributed by atoms with E-state index in [-0.39, 0.29) is 11.6 Å². The number of carbonyl (C=O) groups is 2. The number of hydrogen-bond acceptors (Lipinski definition) is 4. The zero-order valence-corrected chi connectivity index (χ0v) is 12.3. The maximum atomic E-state index is 12.4. The number of rotatable bonds is 1. The normalized spacial score (nSPS) is 25.0. The maximum absolute atomic E-state index is 12.4. The number of nitrogens with zero attached hydrogens (tertiary/aromatic N) is 2. The van der Waals surface area contributed by atoms with Crippen LogP contribution >= 0.6 is 0 Å². The second-order valence-electron chi connectivity index (χ2n) is 6.09. The van der Waals surface area contributed by atoms with E-state index < -0.39 is 22.6 Å². The number of aromatic nitrogens is 2. The van der Waals surface area contributed by atoms with Crippen LogP contribution in [0.3, 0.4) is 0 Å². The summed E-state index contributed by atoms with van der Waals surface area (Å²) in [7, 11) is 1.78. The molecule has 1 spiro atoms. The van der Waals surface area contributed by atoms with Gasteiger partial charge in [0, 0.05) is 32.7 Å². The summed E-state index contributed by atoms with van der Waals surface area (Å²) in [5.74, 6) is -0.338. The van der Waals surface area contributed by atoms with Crippen molar-refractivity contribution in [1.29, 1.82) is 0 Å². The summed E-state index contributed by atoms with van der Waals surface area (Å²) in [6.45, 7) is 1.53. The van der Waals surface area contributed by atoms with Gasteiger partial charge in [0.15, 0.2) is 0 Å². The van der Waals surface area contributed by atoms with Gasteiger partial charge in [-0.25, -0.2) is 4.79 Å². The summed E-state index contributed by atoms with van der Waals surface area (Å²) in [6.07, 6.45) is 2.31. The predicted octanol–water partition coefficient (Wildman–Crippen LogP) is -0.852. The average molecular weight is 306 g/mol. The number of aromatic amines is 2. The number of carbonyl (C=O) groups excluding carboxylic acids is 2. The standard InChI is InChI=1S/C14H18N4O4/c1-17-5-2-3-14(12(17)21)4-6-18(8-14)11(20)9-7-10(19)16-13(22)15-9/h7H,2-6,8H2,1H3,(H2,15,16,19,22). The number of nitrogens with one attached hydrogen (secondary N) is 2. The lowest BCUT2D eigenvalue weighted by molar-refractivity contribution is -0.143. The van der Waals surface area contributed by atoms with Gasteiger partial charge in [-0.3, -0.25) is 19.4 Å². The number of hydrogen-bond donors (Lipinski definition) is 2. The SMILES string of the molecule is CN1CCCC2(CCN(C(=O)c3cc(=O)[nH]c(=O)[nH]3)C2)C1=O. The molecule has 2 N–H and O–H groups in total. The first-order valence-electron chi connectivity index (χ1n) is 7.30. The van der Waals surface area contributed by atoms with Crippen LogP contribution in [0.5, 0.6) is 0 Å². The van der Waals surface area contributed by atoms with E-state index in [0.717, 1.165) is 25.5 Å². The molecule has 8 nitrogen and oxygen atoms in total. The Balaban J connectivity index is 1.83. The van der Waals surface area contributed by atoms with Gasteiger partial charge < -0.3 is 14.8 Å². The molecule has 0 bridgehead atoms. The minimum atomic E-state index is -0.710. The van der Waals surface area contributed by atoms with E-state index in [1.165, 1.54) is 0 Å². The molecule has 22 heavy (non-hydrogen) atoms. The molecule has 2 aliphatic heterocycles. The molecular weight excluding hydrogens is 288 g/mol. The predicted molar refractivity (Wildman–Crippen MR) is 77.5 cm³/mol. The van der Waals surface area contributed by atoms with Crippen molar-refractivity contribution in [1.82, 2.24) is 19.8 Å². The van der Waals surface area contributed by atoms with Crippen molar-refractivity contribution >= 4 is 11.8 Å². The van der Waals surface area contributed by atoms with Gasteiger partial charge in [-0.2, -0.15) is 0 Å². The molecule has 3 rings (SSSR count). The minimum absolute atomic E-state index is 0.0394. The van der Waals surface area contributed by atoms with Gasteiger partial charge in [-0.1, -0.05) is 0 Å². The number of amides is 2. The minimum Gasteiger partial charge on any atom is -0.345 e. The Labute approximate surface area is 126 Å². The van der Waals surface area contributed by atoms with Gasteiger partial charge in [0.1, 0.15) is 5.69 Å². The van der Waals surface area contributed by atoms with Crippen molar-refractivity contribution in [2.75, 3.05) is 26.7 Å². The molecule has 2 amide bonds. The third-order valence-corrected chi connectivity index (χ3v) is 4.58. The van der Waals surface area contributed by atoms with Crippen molar-refractivity contribution in [3.05, 3.63) is 32.6 Å². The van der Waals surface area contributed by atoms with E-state index in [0.29, 0.717) is 19.5 Å². The van der Waals surface area contributed by atoms with Crippen molar-refractivity contribution < 1.29 is 9.59 Å². The Morgan fingerprint density at radius 3 is 2.68 bits per heavy atom. The fourth-order valence-corrected chi connectivity index (χ4v) is 3.45. The molecule has 1 aromatic rings. The van der Waals surface area contributed by atoms with E-state index in [9.17, 15) is 19.2 Å². The summed E-state index contributed by atoms with van der Waals surface area (Å²) < 4.78 is 0. The van der Waals surface area contributed by atoms with Gasteiger partial charge in [-0.15, -0.1) is 0 Å². The molecule has 0 aliphatic carbocycles. The third kappa shape index (κ3) is 2.34. The molecule has 8 heteroatoms. The topological polar surface area (TPSA) is 106 Å². The second kappa shape index (κ2) is 5.11. The molecule has 0 radical (unpaired) electrons. The van der Waals surface area contributed by atoms with Gasteiger partial charge in [0.05, 0.1) is 5.41 Å². The Morgan fingerprint density at radius 1 is 1.18 bits per heavy atom. The highest BCUT2D eigenvalue weighted by Crippen LogP contribution is 2.39. The Hall–Kier alpha value is -2.38. The first-order chi connectivity index (χ1) is 10.4. The third-order valence-electron chi connectivity index (χ3n) is 4.58. The zero-order valence-electron chi connectivity index (χ0n) is 12.3. The van der Waals surface area contributed by atoms with E-state index in [2.05, 4.69) is 4.98 Å². The smallest absolute Gasteiger partial charge is 0.326 e. The molecule has 3 heterocycles. The van der Waals surface area contributed by atoms with Crippen molar-refractivity contribution in [2.45, 2.75) is 19.3 Å². The molecule has 2 aliphatic rings. The Morgan fingerprint density at radius 2 is 1.95 bits per heavy atom. The van der Waals surface area contributed by atoms with Gasteiger partial charge in [0.2, 0.25) is 5.91 Å². The van der Waals surface area contributed by atoms with Crippen LogP contribution in [0.15, 0.2) is 15.7 Å². The first-order valence-corrected chi connectivity index (χ1v) is 7.30. The number of piperidine rings is 1. The summed E-state index contributed by atoms with van der Waals surface area (Å²) >= 11 is 0. The van der Waals surface area contributed by atoms with Gasteiger partial charge in [0.25, 0.3) is 11.5 Å². The molecule has 1 atom stereocenters. The molecule has 1 unspecified atom stereocenters. The number of likely N-dealkylation sites (tertiary alicyclic amines) is 2. The zero-order chi connectivity index (χ0) is 15.9.